The zero-order chi connectivity index (χ0) is 17.7. The summed E-state index contributed by atoms with van der Waals surface area (Å²) in [5.74, 6) is -1.27. The quantitative estimate of drug-likeness (QED) is 0.729. The third-order valence-electron chi connectivity index (χ3n) is 3.78. The predicted octanol–water partition coefficient (Wildman–Crippen LogP) is 0.884. The van der Waals surface area contributed by atoms with Crippen LogP contribution in [-0.4, -0.2) is 63.4 Å². The molecular formula is C16H21NO6S. The van der Waals surface area contributed by atoms with E-state index in [0.717, 1.165) is 0 Å². The lowest BCUT2D eigenvalue weighted by Gasteiger charge is -2.29. The van der Waals surface area contributed by atoms with Crippen molar-refractivity contribution in [3.63, 3.8) is 0 Å². The Bertz CT molecular complexity index is 709. The third kappa shape index (κ3) is 4.12. The van der Waals surface area contributed by atoms with E-state index in [1.54, 1.807) is 17.0 Å². The van der Waals surface area contributed by atoms with Gasteiger partial charge in [-0.3, -0.25) is 4.79 Å². The van der Waals surface area contributed by atoms with E-state index < -0.39 is 21.9 Å². The maximum Gasteiger partial charge on any atom is 0.340 e. The fourth-order valence-corrected chi connectivity index (χ4v) is 3.46. The lowest BCUT2D eigenvalue weighted by atomic mass is 10.2. The van der Waals surface area contributed by atoms with E-state index >= 15 is 0 Å². The van der Waals surface area contributed by atoms with Crippen LogP contribution in [0.2, 0.25) is 0 Å². The van der Waals surface area contributed by atoms with E-state index in [9.17, 15) is 18.0 Å². The fourth-order valence-electron chi connectivity index (χ4n) is 2.38. The van der Waals surface area contributed by atoms with Crippen molar-refractivity contribution in [1.82, 2.24) is 4.90 Å². The molecule has 132 valence electrons. The minimum atomic E-state index is -3.56. The molecule has 1 aromatic carbocycles. The van der Waals surface area contributed by atoms with E-state index in [1.165, 1.54) is 26.0 Å². The number of rotatable bonds is 5. The van der Waals surface area contributed by atoms with Crippen LogP contribution >= 0.6 is 0 Å². The molecule has 1 aliphatic rings. The van der Waals surface area contributed by atoms with Crippen LogP contribution in [0.25, 0.3) is 0 Å². The van der Waals surface area contributed by atoms with Gasteiger partial charge in [-0.25, -0.2) is 13.2 Å². The topological polar surface area (TPSA) is 90.0 Å². The zero-order valence-electron chi connectivity index (χ0n) is 13.7. The Morgan fingerprint density at radius 2 is 1.88 bits per heavy atom. The molecule has 0 saturated carbocycles. The zero-order valence-corrected chi connectivity index (χ0v) is 14.5. The summed E-state index contributed by atoms with van der Waals surface area (Å²) in [6, 6.07) is 5.85. The molecule has 7 nitrogen and oxygen atoms in total. The fraction of sp³-hybridized carbons (Fsp3) is 0.500. The highest BCUT2D eigenvalue weighted by Crippen LogP contribution is 2.19. The summed E-state index contributed by atoms with van der Waals surface area (Å²) in [4.78, 5) is 26.1. The van der Waals surface area contributed by atoms with E-state index in [0.29, 0.717) is 26.3 Å². The molecule has 2 rings (SSSR count). The van der Waals surface area contributed by atoms with Crippen LogP contribution in [0.15, 0.2) is 29.2 Å². The van der Waals surface area contributed by atoms with Crippen molar-refractivity contribution in [2.75, 3.05) is 32.1 Å². The predicted molar refractivity (Wildman–Crippen MR) is 86.4 cm³/mol. The highest BCUT2D eigenvalue weighted by molar-refractivity contribution is 7.91. The van der Waals surface area contributed by atoms with Crippen LogP contribution in [-0.2, 0) is 24.1 Å². The van der Waals surface area contributed by atoms with Gasteiger partial charge in [-0.1, -0.05) is 19.1 Å². The Labute approximate surface area is 141 Å². The summed E-state index contributed by atoms with van der Waals surface area (Å²) in [6.07, 6.45) is -0.993. The van der Waals surface area contributed by atoms with E-state index in [4.69, 9.17) is 9.47 Å². The molecule has 1 unspecified atom stereocenters. The molecule has 1 atom stereocenters. The van der Waals surface area contributed by atoms with Gasteiger partial charge in [0.1, 0.15) is 0 Å². The van der Waals surface area contributed by atoms with Crippen molar-refractivity contribution in [3.05, 3.63) is 29.8 Å². The SMILES string of the molecule is CCS(=O)(=O)c1ccccc1C(=O)OC(C)C(=O)N1CCOCC1. The van der Waals surface area contributed by atoms with Gasteiger partial charge in [0.05, 0.1) is 29.4 Å². The van der Waals surface area contributed by atoms with Crippen molar-refractivity contribution < 1.29 is 27.5 Å². The molecule has 1 saturated heterocycles. The molecule has 1 aliphatic heterocycles. The number of morpholine rings is 1. The van der Waals surface area contributed by atoms with Crippen LogP contribution in [0.5, 0.6) is 0 Å². The summed E-state index contributed by atoms with van der Waals surface area (Å²) in [5.41, 5.74) is -0.0547. The number of nitrogens with zero attached hydrogens (tertiary/aromatic N) is 1. The van der Waals surface area contributed by atoms with Crippen molar-refractivity contribution in [1.29, 1.82) is 0 Å². The number of benzene rings is 1. The van der Waals surface area contributed by atoms with Crippen molar-refractivity contribution in [2.24, 2.45) is 0 Å². The Kier molecular flexibility index (Phi) is 5.95. The summed E-state index contributed by atoms with van der Waals surface area (Å²) in [7, 11) is -3.56. The first kappa shape index (κ1) is 18.4. The first-order valence-electron chi connectivity index (χ1n) is 7.76. The van der Waals surface area contributed by atoms with Gasteiger partial charge in [-0.2, -0.15) is 0 Å². The smallest absolute Gasteiger partial charge is 0.340 e. The molecule has 1 fully saturated rings. The Balaban J connectivity index is 2.14. The number of carbonyl (C=O) groups is 2. The molecule has 0 spiro atoms. The largest absolute Gasteiger partial charge is 0.449 e. The van der Waals surface area contributed by atoms with Gasteiger partial charge >= 0.3 is 5.97 Å². The molecule has 0 aromatic heterocycles. The Morgan fingerprint density at radius 1 is 1.25 bits per heavy atom. The van der Waals surface area contributed by atoms with Gasteiger partial charge in [0.15, 0.2) is 15.9 Å². The lowest BCUT2D eigenvalue weighted by molar-refractivity contribution is -0.143. The molecule has 24 heavy (non-hydrogen) atoms. The van der Waals surface area contributed by atoms with E-state index in [2.05, 4.69) is 0 Å². The number of hydrogen-bond donors (Lipinski definition) is 0. The van der Waals surface area contributed by atoms with Gasteiger partial charge < -0.3 is 14.4 Å². The molecule has 0 aliphatic carbocycles. The first-order chi connectivity index (χ1) is 11.4. The summed E-state index contributed by atoms with van der Waals surface area (Å²) >= 11 is 0. The Morgan fingerprint density at radius 3 is 2.50 bits per heavy atom. The molecule has 0 bridgehead atoms. The molecule has 0 N–H and O–H groups in total. The summed E-state index contributed by atoms with van der Waals surface area (Å²) in [5, 5.41) is 0. The molecular weight excluding hydrogens is 334 g/mol. The number of ether oxygens (including phenoxy) is 2. The number of sulfone groups is 1. The van der Waals surface area contributed by atoms with Crippen LogP contribution in [0.4, 0.5) is 0 Å². The Hall–Kier alpha value is -1.93. The second-order valence-corrected chi connectivity index (χ2v) is 7.63. The number of hydrogen-bond acceptors (Lipinski definition) is 6. The maximum absolute atomic E-state index is 12.3. The summed E-state index contributed by atoms with van der Waals surface area (Å²) in [6.45, 7) is 4.77. The minimum Gasteiger partial charge on any atom is -0.449 e. The highest BCUT2D eigenvalue weighted by Gasteiger charge is 2.28. The average molecular weight is 355 g/mol. The molecule has 1 heterocycles. The lowest BCUT2D eigenvalue weighted by Crippen LogP contribution is -2.46. The van der Waals surface area contributed by atoms with Gasteiger partial charge in [-0.15, -0.1) is 0 Å². The normalized spacial score (nSPS) is 16.5. The maximum atomic E-state index is 12.3. The minimum absolute atomic E-state index is 0.0547. The van der Waals surface area contributed by atoms with E-state index in [-0.39, 0.29) is 22.1 Å². The van der Waals surface area contributed by atoms with Crippen LogP contribution in [0.1, 0.15) is 24.2 Å². The van der Waals surface area contributed by atoms with Gasteiger partial charge in [0.25, 0.3) is 5.91 Å². The number of amides is 1. The number of esters is 1. The van der Waals surface area contributed by atoms with Gasteiger partial charge in [0.2, 0.25) is 0 Å². The van der Waals surface area contributed by atoms with Crippen LogP contribution in [0, 0.1) is 0 Å². The standard InChI is InChI=1S/C16H21NO6S/c1-3-24(20,21)14-7-5-4-6-13(14)16(19)23-12(2)15(18)17-8-10-22-11-9-17/h4-7,12H,3,8-11H2,1-2H3. The summed E-state index contributed by atoms with van der Waals surface area (Å²) < 4.78 is 34.6. The molecule has 0 radical (unpaired) electrons. The van der Waals surface area contributed by atoms with Gasteiger partial charge in [0, 0.05) is 13.1 Å². The highest BCUT2D eigenvalue weighted by atomic mass is 32.2. The van der Waals surface area contributed by atoms with Crippen molar-refractivity contribution >= 4 is 21.7 Å². The molecule has 8 heteroatoms. The van der Waals surface area contributed by atoms with Crippen LogP contribution < -0.4 is 0 Å². The van der Waals surface area contributed by atoms with Gasteiger partial charge in [-0.05, 0) is 19.1 Å². The monoisotopic (exact) mass is 355 g/mol. The van der Waals surface area contributed by atoms with Crippen molar-refractivity contribution in [2.45, 2.75) is 24.8 Å². The van der Waals surface area contributed by atoms with Crippen molar-refractivity contribution in [3.8, 4) is 0 Å². The molecule has 1 amide bonds. The van der Waals surface area contributed by atoms with Crippen LogP contribution in [0.3, 0.4) is 0 Å². The first-order valence-corrected chi connectivity index (χ1v) is 9.41. The average Bonchev–Trinajstić information content (AvgIpc) is 2.61. The van der Waals surface area contributed by atoms with E-state index in [1.807, 2.05) is 0 Å². The second kappa shape index (κ2) is 7.76. The third-order valence-corrected chi connectivity index (χ3v) is 5.56. The second-order valence-electron chi connectivity index (χ2n) is 5.38. The number of carbonyl (C=O) groups excluding carboxylic acids is 2. The molecule has 1 aromatic rings.